The lowest BCUT2D eigenvalue weighted by Gasteiger charge is -2.20. The lowest BCUT2D eigenvalue weighted by molar-refractivity contribution is 0.0407. The Balaban J connectivity index is 1.63. The van der Waals surface area contributed by atoms with Crippen molar-refractivity contribution in [3.63, 3.8) is 0 Å². The van der Waals surface area contributed by atoms with E-state index < -0.39 is 5.60 Å². The average molecular weight is 304 g/mol. The maximum Gasteiger partial charge on any atom is 0.124 e. The van der Waals surface area contributed by atoms with Gasteiger partial charge in [-0.1, -0.05) is 13.8 Å². The predicted molar refractivity (Wildman–Crippen MR) is 82.0 cm³/mol. The van der Waals surface area contributed by atoms with Gasteiger partial charge in [0.1, 0.15) is 11.3 Å². The molecule has 1 unspecified atom stereocenters. The zero-order chi connectivity index (χ0) is 15.6. The Labute approximate surface area is 130 Å². The topological polar surface area (TPSA) is 82.9 Å². The van der Waals surface area contributed by atoms with Crippen LogP contribution in [-0.4, -0.2) is 48.3 Å². The van der Waals surface area contributed by atoms with Crippen molar-refractivity contribution in [1.82, 2.24) is 30.1 Å². The Bertz CT molecular complexity index is 591. The molecule has 0 radical (unpaired) electrons. The minimum atomic E-state index is -0.898. The van der Waals surface area contributed by atoms with Crippen LogP contribution in [-0.2, 0) is 12.1 Å². The van der Waals surface area contributed by atoms with E-state index >= 15 is 0 Å². The van der Waals surface area contributed by atoms with Gasteiger partial charge in [0.05, 0.1) is 17.9 Å². The van der Waals surface area contributed by atoms with E-state index in [2.05, 4.69) is 56.2 Å². The molecular weight excluding hydrogens is 280 g/mol. The third kappa shape index (κ3) is 2.91. The molecular formula is C15H24N6O. The summed E-state index contributed by atoms with van der Waals surface area (Å²) in [5.41, 5.74) is 0.777. The van der Waals surface area contributed by atoms with Gasteiger partial charge >= 0.3 is 0 Å². The highest BCUT2D eigenvalue weighted by molar-refractivity contribution is 5.11. The molecule has 1 atom stereocenters. The molecule has 0 saturated carbocycles. The summed E-state index contributed by atoms with van der Waals surface area (Å²) in [6.45, 7) is 6.54. The number of H-pyrrole nitrogens is 1. The molecule has 0 spiro atoms. The largest absolute Gasteiger partial charge is 0.382 e. The highest BCUT2D eigenvalue weighted by atomic mass is 16.3. The summed E-state index contributed by atoms with van der Waals surface area (Å²) < 4.78 is 2.06. The zero-order valence-electron chi connectivity index (χ0n) is 13.2. The maximum atomic E-state index is 10.7. The molecule has 7 nitrogen and oxygen atoms in total. The van der Waals surface area contributed by atoms with Crippen LogP contribution < -0.4 is 0 Å². The van der Waals surface area contributed by atoms with Crippen LogP contribution in [0.5, 0.6) is 0 Å². The number of aliphatic hydroxyl groups is 1. The van der Waals surface area contributed by atoms with Crippen molar-refractivity contribution in [3.05, 3.63) is 29.8 Å². The summed E-state index contributed by atoms with van der Waals surface area (Å²) in [5.74, 6) is 0. The predicted octanol–water partition coefficient (Wildman–Crippen LogP) is 1.46. The SMILES string of the molecule is CCC(CC)n1ccc(CN2CCC(O)(c3cn[nH]n3)C2)n1. The van der Waals surface area contributed by atoms with Crippen molar-refractivity contribution in [2.45, 2.75) is 51.3 Å². The van der Waals surface area contributed by atoms with Crippen molar-refractivity contribution >= 4 is 0 Å². The fraction of sp³-hybridized carbons (Fsp3) is 0.667. The number of aromatic amines is 1. The first kappa shape index (κ1) is 15.2. The van der Waals surface area contributed by atoms with Gasteiger partial charge in [-0.3, -0.25) is 9.58 Å². The van der Waals surface area contributed by atoms with Gasteiger partial charge in [0.25, 0.3) is 0 Å². The van der Waals surface area contributed by atoms with E-state index in [1.54, 1.807) is 6.20 Å². The third-order valence-corrected chi connectivity index (χ3v) is 4.58. The van der Waals surface area contributed by atoms with Gasteiger partial charge in [-0.2, -0.15) is 20.5 Å². The fourth-order valence-electron chi connectivity index (χ4n) is 3.20. The van der Waals surface area contributed by atoms with E-state index in [4.69, 9.17) is 0 Å². The van der Waals surface area contributed by atoms with Crippen LogP contribution in [0, 0.1) is 0 Å². The van der Waals surface area contributed by atoms with E-state index in [0.29, 0.717) is 24.7 Å². The molecule has 120 valence electrons. The molecule has 0 bridgehead atoms. The number of aromatic nitrogens is 5. The van der Waals surface area contributed by atoms with Crippen LogP contribution in [0.1, 0.15) is 50.5 Å². The summed E-state index contributed by atoms with van der Waals surface area (Å²) in [4.78, 5) is 2.22. The normalized spacial score (nSPS) is 22.7. The minimum Gasteiger partial charge on any atom is -0.382 e. The Hall–Kier alpha value is -1.73. The van der Waals surface area contributed by atoms with Gasteiger partial charge < -0.3 is 5.11 Å². The van der Waals surface area contributed by atoms with Crippen LogP contribution in [0.25, 0.3) is 0 Å². The molecule has 0 aromatic carbocycles. The lowest BCUT2D eigenvalue weighted by atomic mass is 10.0. The number of hydrogen-bond acceptors (Lipinski definition) is 5. The maximum absolute atomic E-state index is 10.7. The van der Waals surface area contributed by atoms with Crippen molar-refractivity contribution in [2.24, 2.45) is 0 Å². The molecule has 3 rings (SSSR count). The van der Waals surface area contributed by atoms with Gasteiger partial charge in [0.15, 0.2) is 0 Å². The smallest absolute Gasteiger partial charge is 0.124 e. The van der Waals surface area contributed by atoms with E-state index in [1.165, 1.54) is 0 Å². The second-order valence-electron chi connectivity index (χ2n) is 6.10. The highest BCUT2D eigenvalue weighted by Crippen LogP contribution is 2.30. The molecule has 0 amide bonds. The van der Waals surface area contributed by atoms with Gasteiger partial charge in [0, 0.05) is 25.8 Å². The van der Waals surface area contributed by atoms with Crippen LogP contribution in [0.2, 0.25) is 0 Å². The molecule has 2 N–H and O–H groups in total. The third-order valence-electron chi connectivity index (χ3n) is 4.58. The highest BCUT2D eigenvalue weighted by Gasteiger charge is 2.39. The summed E-state index contributed by atoms with van der Waals surface area (Å²) in [7, 11) is 0. The molecule has 2 aromatic rings. The summed E-state index contributed by atoms with van der Waals surface area (Å²) in [5, 5.41) is 25.8. The van der Waals surface area contributed by atoms with E-state index in [1.807, 2.05) is 0 Å². The van der Waals surface area contributed by atoms with E-state index in [0.717, 1.165) is 31.6 Å². The Morgan fingerprint density at radius 1 is 1.41 bits per heavy atom. The number of nitrogens with one attached hydrogen (secondary N) is 1. The number of β-amino-alcohol motifs (C(OH)–C–C–N with tert-alkyl or cyclic N) is 1. The molecule has 2 aromatic heterocycles. The summed E-state index contributed by atoms with van der Waals surface area (Å²) in [6.07, 6.45) is 6.52. The summed E-state index contributed by atoms with van der Waals surface area (Å²) >= 11 is 0. The molecule has 1 aliphatic rings. The zero-order valence-corrected chi connectivity index (χ0v) is 13.2. The Kier molecular flexibility index (Phi) is 4.26. The monoisotopic (exact) mass is 304 g/mol. The Morgan fingerprint density at radius 3 is 2.91 bits per heavy atom. The van der Waals surface area contributed by atoms with Crippen LogP contribution in [0.3, 0.4) is 0 Å². The minimum absolute atomic E-state index is 0.472. The van der Waals surface area contributed by atoms with Gasteiger partial charge in [-0.25, -0.2) is 0 Å². The van der Waals surface area contributed by atoms with Crippen molar-refractivity contribution in [2.75, 3.05) is 13.1 Å². The van der Waals surface area contributed by atoms with Crippen LogP contribution in [0.4, 0.5) is 0 Å². The second-order valence-corrected chi connectivity index (χ2v) is 6.10. The second kappa shape index (κ2) is 6.18. The lowest BCUT2D eigenvalue weighted by Crippen LogP contribution is -2.31. The first-order valence-corrected chi connectivity index (χ1v) is 7.99. The molecule has 1 saturated heterocycles. The van der Waals surface area contributed by atoms with Gasteiger partial charge in [-0.15, -0.1) is 0 Å². The molecule has 22 heavy (non-hydrogen) atoms. The van der Waals surface area contributed by atoms with Gasteiger partial charge in [0.2, 0.25) is 0 Å². The quantitative estimate of drug-likeness (QED) is 0.844. The molecule has 7 heteroatoms. The van der Waals surface area contributed by atoms with Crippen LogP contribution >= 0.6 is 0 Å². The number of nitrogens with zero attached hydrogens (tertiary/aromatic N) is 5. The molecule has 3 heterocycles. The number of hydrogen-bond donors (Lipinski definition) is 2. The van der Waals surface area contributed by atoms with E-state index in [9.17, 15) is 5.11 Å². The molecule has 1 fully saturated rings. The van der Waals surface area contributed by atoms with Crippen molar-refractivity contribution in [1.29, 1.82) is 0 Å². The molecule has 1 aliphatic heterocycles. The summed E-state index contributed by atoms with van der Waals surface area (Å²) in [6, 6.07) is 2.55. The first-order valence-electron chi connectivity index (χ1n) is 7.99. The molecule has 0 aliphatic carbocycles. The Morgan fingerprint density at radius 2 is 2.23 bits per heavy atom. The fourth-order valence-corrected chi connectivity index (χ4v) is 3.20. The van der Waals surface area contributed by atoms with Crippen molar-refractivity contribution < 1.29 is 5.11 Å². The number of rotatable bonds is 6. The van der Waals surface area contributed by atoms with Gasteiger partial charge in [-0.05, 0) is 25.3 Å². The standard InChI is InChI=1S/C15H24N6O/c1-3-13(4-2)21-7-5-12(18-21)10-20-8-6-15(22,11-20)14-9-16-19-17-14/h5,7,9,13,22H,3-4,6,8,10-11H2,1-2H3,(H,16,17,19). The first-order chi connectivity index (χ1) is 10.6. The average Bonchev–Trinajstić information content (AvgIpc) is 3.23. The number of likely N-dealkylation sites (tertiary alicyclic amines) is 1. The van der Waals surface area contributed by atoms with E-state index in [-0.39, 0.29) is 0 Å². The van der Waals surface area contributed by atoms with Crippen molar-refractivity contribution in [3.8, 4) is 0 Å². The van der Waals surface area contributed by atoms with Crippen LogP contribution in [0.15, 0.2) is 18.5 Å².